The summed E-state index contributed by atoms with van der Waals surface area (Å²) in [5, 5.41) is 14.3. The SMILES string of the molecule is O=C(O)CCC1CCC(n2cc(-c3ncnc4[nH]ccc34)cn2)C1. The molecule has 3 aromatic rings. The van der Waals surface area contributed by atoms with Crippen molar-refractivity contribution in [2.45, 2.75) is 38.1 Å². The third-order valence-electron chi connectivity index (χ3n) is 4.88. The molecule has 0 aromatic carbocycles. The van der Waals surface area contributed by atoms with E-state index in [0.29, 0.717) is 12.0 Å². The van der Waals surface area contributed by atoms with Gasteiger partial charge in [-0.3, -0.25) is 9.48 Å². The number of carboxylic acids is 1. The Hall–Kier alpha value is -2.70. The van der Waals surface area contributed by atoms with Crippen LogP contribution in [-0.2, 0) is 4.79 Å². The number of hydrogen-bond donors (Lipinski definition) is 2. The summed E-state index contributed by atoms with van der Waals surface area (Å²) in [6.07, 6.45) is 11.4. The molecule has 3 aromatic heterocycles. The molecule has 1 aliphatic rings. The first-order valence-corrected chi connectivity index (χ1v) is 8.25. The number of carbonyl (C=O) groups is 1. The number of nitrogens with one attached hydrogen (secondary N) is 1. The Morgan fingerprint density at radius 3 is 3.17 bits per heavy atom. The van der Waals surface area contributed by atoms with Gasteiger partial charge in [-0.25, -0.2) is 9.97 Å². The molecule has 3 heterocycles. The summed E-state index contributed by atoms with van der Waals surface area (Å²) >= 11 is 0. The second-order valence-electron chi connectivity index (χ2n) is 6.44. The molecule has 124 valence electrons. The van der Waals surface area contributed by atoms with Crippen LogP contribution in [0, 0.1) is 5.92 Å². The molecule has 0 bridgehead atoms. The van der Waals surface area contributed by atoms with Crippen LogP contribution in [0.15, 0.2) is 31.0 Å². The van der Waals surface area contributed by atoms with Gasteiger partial charge in [0.2, 0.25) is 0 Å². The van der Waals surface area contributed by atoms with Crippen LogP contribution in [0.25, 0.3) is 22.3 Å². The number of aromatic amines is 1. The Kier molecular flexibility index (Phi) is 3.76. The van der Waals surface area contributed by atoms with Crippen LogP contribution in [0.3, 0.4) is 0 Å². The second kappa shape index (κ2) is 6.07. The predicted octanol–water partition coefficient (Wildman–Crippen LogP) is 3.03. The lowest BCUT2D eigenvalue weighted by Gasteiger charge is -2.11. The van der Waals surface area contributed by atoms with Crippen LogP contribution in [0.4, 0.5) is 0 Å². The van der Waals surface area contributed by atoms with Crippen molar-refractivity contribution in [3.05, 3.63) is 31.0 Å². The van der Waals surface area contributed by atoms with Crippen molar-refractivity contribution >= 4 is 17.0 Å². The highest BCUT2D eigenvalue weighted by molar-refractivity contribution is 5.89. The summed E-state index contributed by atoms with van der Waals surface area (Å²) in [5.41, 5.74) is 2.69. The minimum absolute atomic E-state index is 0.258. The Morgan fingerprint density at radius 1 is 1.38 bits per heavy atom. The minimum Gasteiger partial charge on any atom is -0.481 e. The first kappa shape index (κ1) is 14.9. The Labute approximate surface area is 138 Å². The van der Waals surface area contributed by atoms with E-state index in [2.05, 4.69) is 20.1 Å². The molecule has 0 radical (unpaired) electrons. The number of carboxylic acid groups (broad SMARTS) is 1. The number of nitrogens with zero attached hydrogens (tertiary/aromatic N) is 4. The Bertz CT molecular complexity index is 869. The van der Waals surface area contributed by atoms with E-state index in [9.17, 15) is 4.79 Å². The zero-order valence-electron chi connectivity index (χ0n) is 13.2. The van der Waals surface area contributed by atoms with Crippen LogP contribution in [0.1, 0.15) is 38.1 Å². The smallest absolute Gasteiger partial charge is 0.303 e. The zero-order chi connectivity index (χ0) is 16.5. The van der Waals surface area contributed by atoms with E-state index in [4.69, 9.17) is 5.11 Å². The molecule has 24 heavy (non-hydrogen) atoms. The molecule has 0 spiro atoms. The maximum absolute atomic E-state index is 10.7. The fourth-order valence-electron chi connectivity index (χ4n) is 3.64. The summed E-state index contributed by atoms with van der Waals surface area (Å²) in [4.78, 5) is 22.4. The molecule has 1 fully saturated rings. The van der Waals surface area contributed by atoms with Crippen LogP contribution < -0.4 is 0 Å². The van der Waals surface area contributed by atoms with Crippen LogP contribution in [-0.4, -0.2) is 35.8 Å². The molecule has 2 N–H and O–H groups in total. The number of fused-ring (bicyclic) bond motifs is 1. The van der Waals surface area contributed by atoms with Gasteiger partial charge >= 0.3 is 5.97 Å². The zero-order valence-corrected chi connectivity index (χ0v) is 13.2. The number of H-pyrrole nitrogens is 1. The van der Waals surface area contributed by atoms with E-state index < -0.39 is 5.97 Å². The van der Waals surface area contributed by atoms with Gasteiger partial charge < -0.3 is 10.1 Å². The van der Waals surface area contributed by atoms with Gasteiger partial charge in [-0.1, -0.05) is 0 Å². The van der Waals surface area contributed by atoms with E-state index in [0.717, 1.165) is 48.0 Å². The quantitative estimate of drug-likeness (QED) is 0.751. The van der Waals surface area contributed by atoms with Crippen molar-refractivity contribution in [2.24, 2.45) is 5.92 Å². The molecule has 2 atom stereocenters. The highest BCUT2D eigenvalue weighted by Gasteiger charge is 2.27. The monoisotopic (exact) mass is 325 g/mol. The molecule has 7 nitrogen and oxygen atoms in total. The molecule has 0 amide bonds. The van der Waals surface area contributed by atoms with Crippen molar-refractivity contribution in [2.75, 3.05) is 0 Å². The van der Waals surface area contributed by atoms with E-state index in [1.807, 2.05) is 29.3 Å². The Morgan fingerprint density at radius 2 is 2.29 bits per heavy atom. The van der Waals surface area contributed by atoms with Crippen molar-refractivity contribution in [1.29, 1.82) is 0 Å². The molecule has 1 saturated carbocycles. The normalized spacial score (nSPS) is 20.7. The number of hydrogen-bond acceptors (Lipinski definition) is 4. The predicted molar refractivity (Wildman–Crippen MR) is 88.4 cm³/mol. The molecule has 0 aliphatic heterocycles. The number of aliphatic carboxylic acids is 1. The number of aromatic nitrogens is 5. The van der Waals surface area contributed by atoms with Gasteiger partial charge in [-0.2, -0.15) is 5.10 Å². The maximum atomic E-state index is 10.7. The molecule has 4 rings (SSSR count). The van der Waals surface area contributed by atoms with Crippen molar-refractivity contribution < 1.29 is 9.90 Å². The summed E-state index contributed by atoms with van der Waals surface area (Å²) in [6.45, 7) is 0. The average Bonchev–Trinajstić information content (AvgIpc) is 3.31. The topological polar surface area (TPSA) is 96.7 Å². The van der Waals surface area contributed by atoms with Crippen LogP contribution in [0.2, 0.25) is 0 Å². The van der Waals surface area contributed by atoms with E-state index >= 15 is 0 Å². The van der Waals surface area contributed by atoms with Gasteiger partial charge in [-0.05, 0) is 37.7 Å². The van der Waals surface area contributed by atoms with Crippen LogP contribution in [0.5, 0.6) is 0 Å². The van der Waals surface area contributed by atoms with Gasteiger partial charge in [0.25, 0.3) is 0 Å². The summed E-state index contributed by atoms with van der Waals surface area (Å²) in [7, 11) is 0. The summed E-state index contributed by atoms with van der Waals surface area (Å²) in [6, 6.07) is 2.32. The number of rotatable bonds is 5. The van der Waals surface area contributed by atoms with Gasteiger partial charge in [-0.15, -0.1) is 0 Å². The molecule has 1 aliphatic carbocycles. The average molecular weight is 325 g/mol. The van der Waals surface area contributed by atoms with Crippen molar-refractivity contribution in [3.63, 3.8) is 0 Å². The van der Waals surface area contributed by atoms with Crippen molar-refractivity contribution in [1.82, 2.24) is 24.7 Å². The van der Waals surface area contributed by atoms with E-state index in [1.54, 1.807) is 6.33 Å². The third-order valence-corrected chi connectivity index (χ3v) is 4.88. The van der Waals surface area contributed by atoms with Gasteiger partial charge in [0.15, 0.2) is 0 Å². The molecular formula is C17H19N5O2. The molecule has 0 saturated heterocycles. The van der Waals surface area contributed by atoms with Gasteiger partial charge in [0.1, 0.15) is 12.0 Å². The fraction of sp³-hybridized carbons (Fsp3) is 0.412. The standard InChI is InChI=1S/C17H19N5O2/c23-15(24)4-2-11-1-3-13(7-11)22-9-12(8-21-22)16-14-5-6-18-17(14)20-10-19-16/h5-6,8-11,13H,1-4,7H2,(H,23,24)(H,18,19,20). The third kappa shape index (κ3) is 2.77. The van der Waals surface area contributed by atoms with Crippen LogP contribution >= 0.6 is 0 Å². The lowest BCUT2D eigenvalue weighted by atomic mass is 10.0. The first-order chi connectivity index (χ1) is 11.7. The lowest BCUT2D eigenvalue weighted by molar-refractivity contribution is -0.137. The highest BCUT2D eigenvalue weighted by atomic mass is 16.4. The first-order valence-electron chi connectivity index (χ1n) is 8.25. The molecular weight excluding hydrogens is 306 g/mol. The molecule has 2 unspecified atom stereocenters. The fourth-order valence-corrected chi connectivity index (χ4v) is 3.64. The van der Waals surface area contributed by atoms with Crippen molar-refractivity contribution in [3.8, 4) is 11.3 Å². The Balaban J connectivity index is 1.51. The largest absolute Gasteiger partial charge is 0.481 e. The summed E-state index contributed by atoms with van der Waals surface area (Å²) < 4.78 is 2.01. The van der Waals surface area contributed by atoms with Gasteiger partial charge in [0, 0.05) is 29.8 Å². The highest BCUT2D eigenvalue weighted by Crippen LogP contribution is 2.37. The minimum atomic E-state index is -0.709. The van der Waals surface area contributed by atoms with E-state index in [-0.39, 0.29) is 6.42 Å². The summed E-state index contributed by atoms with van der Waals surface area (Å²) in [5.74, 6) is -0.228. The van der Waals surface area contributed by atoms with Gasteiger partial charge in [0.05, 0.1) is 17.9 Å². The van der Waals surface area contributed by atoms with E-state index in [1.165, 1.54) is 0 Å². The lowest BCUT2D eigenvalue weighted by Crippen LogP contribution is -2.06. The maximum Gasteiger partial charge on any atom is 0.303 e. The molecule has 7 heteroatoms. The second-order valence-corrected chi connectivity index (χ2v) is 6.44.